The predicted octanol–water partition coefficient (Wildman–Crippen LogP) is 3.75. The van der Waals surface area contributed by atoms with Crippen molar-refractivity contribution in [3.05, 3.63) is 29.8 Å². The van der Waals surface area contributed by atoms with Crippen molar-refractivity contribution >= 4 is 29.5 Å². The zero-order valence-electron chi connectivity index (χ0n) is 10.3. The molecule has 0 saturated carbocycles. The van der Waals surface area contributed by atoms with Crippen LogP contribution in [-0.2, 0) is 10.5 Å². The summed E-state index contributed by atoms with van der Waals surface area (Å²) in [5.41, 5.74) is 1.18. The summed E-state index contributed by atoms with van der Waals surface area (Å²) in [4.78, 5) is 12.3. The van der Waals surface area contributed by atoms with E-state index in [0.717, 1.165) is 5.75 Å². The van der Waals surface area contributed by atoms with Crippen LogP contribution in [0.3, 0.4) is 0 Å². The summed E-state index contributed by atoms with van der Waals surface area (Å²) < 4.78 is 0. The first kappa shape index (κ1) is 14.5. The van der Waals surface area contributed by atoms with E-state index in [1.807, 2.05) is 20.1 Å². The Balaban J connectivity index is 2.56. The Labute approximate surface area is 111 Å². The van der Waals surface area contributed by atoms with Gasteiger partial charge in [0.25, 0.3) is 0 Å². The van der Waals surface area contributed by atoms with Crippen LogP contribution < -0.4 is 0 Å². The van der Waals surface area contributed by atoms with E-state index in [4.69, 9.17) is 5.11 Å². The minimum atomic E-state index is -0.717. The van der Waals surface area contributed by atoms with E-state index in [9.17, 15) is 4.79 Å². The van der Waals surface area contributed by atoms with Gasteiger partial charge in [0.05, 0.1) is 0 Å². The molecule has 0 aliphatic rings. The smallest absolute Gasteiger partial charge is 0.316 e. The fraction of sp³-hybridized carbons (Fsp3) is 0.462. The van der Waals surface area contributed by atoms with Gasteiger partial charge in [0.1, 0.15) is 5.25 Å². The Bertz CT molecular complexity index is 360. The zero-order chi connectivity index (χ0) is 12.8. The van der Waals surface area contributed by atoms with E-state index in [-0.39, 0.29) is 11.2 Å². The molecule has 0 aromatic heterocycles. The van der Waals surface area contributed by atoms with Crippen LogP contribution in [0, 0.1) is 5.92 Å². The molecular formula is C13H18O2S2. The summed E-state index contributed by atoms with van der Waals surface area (Å²) in [6.07, 6.45) is 2.04. The first-order valence-electron chi connectivity index (χ1n) is 5.52. The normalized spacial score (nSPS) is 12.7. The van der Waals surface area contributed by atoms with Crippen LogP contribution in [0.2, 0.25) is 0 Å². The molecule has 0 spiro atoms. The second-order valence-corrected chi connectivity index (χ2v) is 6.17. The second-order valence-electron chi connectivity index (χ2n) is 4.16. The lowest BCUT2D eigenvalue weighted by Gasteiger charge is -2.15. The first-order valence-corrected chi connectivity index (χ1v) is 7.79. The summed E-state index contributed by atoms with van der Waals surface area (Å²) in [5.74, 6) is 0.192. The maximum atomic E-state index is 11.0. The van der Waals surface area contributed by atoms with Gasteiger partial charge < -0.3 is 5.11 Å². The van der Waals surface area contributed by atoms with Crippen LogP contribution in [-0.4, -0.2) is 22.6 Å². The van der Waals surface area contributed by atoms with Gasteiger partial charge in [-0.25, -0.2) is 0 Å². The molecular weight excluding hydrogens is 252 g/mol. The van der Waals surface area contributed by atoms with Crippen molar-refractivity contribution in [1.82, 2.24) is 0 Å². The average Bonchev–Trinajstić information content (AvgIpc) is 2.29. The number of aliphatic carboxylic acids is 1. The molecule has 0 heterocycles. The van der Waals surface area contributed by atoms with Crippen LogP contribution in [0.1, 0.15) is 19.4 Å². The molecule has 1 atom stereocenters. The summed E-state index contributed by atoms with van der Waals surface area (Å²) in [7, 11) is 0. The van der Waals surface area contributed by atoms with Crippen molar-refractivity contribution in [3.8, 4) is 0 Å². The van der Waals surface area contributed by atoms with Gasteiger partial charge in [-0.2, -0.15) is 0 Å². The third-order valence-corrected chi connectivity index (χ3v) is 4.79. The lowest BCUT2D eigenvalue weighted by atomic mass is 10.1. The van der Waals surface area contributed by atoms with Gasteiger partial charge in [-0.1, -0.05) is 26.0 Å². The Hall–Kier alpha value is -0.610. The molecule has 0 fully saturated rings. The van der Waals surface area contributed by atoms with Gasteiger partial charge in [0.15, 0.2) is 0 Å². The molecule has 1 aromatic rings. The van der Waals surface area contributed by atoms with E-state index in [1.165, 1.54) is 22.2 Å². The Morgan fingerprint density at radius 1 is 1.29 bits per heavy atom. The highest BCUT2D eigenvalue weighted by Gasteiger charge is 2.21. The summed E-state index contributed by atoms with van der Waals surface area (Å²) in [6, 6.07) is 8.29. The van der Waals surface area contributed by atoms with Gasteiger partial charge in [-0.15, -0.1) is 23.5 Å². The molecule has 0 saturated heterocycles. The second kappa shape index (κ2) is 6.97. The third kappa shape index (κ3) is 4.64. The van der Waals surface area contributed by atoms with Crippen molar-refractivity contribution in [2.45, 2.75) is 29.7 Å². The van der Waals surface area contributed by atoms with E-state index >= 15 is 0 Å². The molecule has 0 aliphatic carbocycles. The molecule has 0 aliphatic heterocycles. The Morgan fingerprint density at radius 3 is 2.29 bits per heavy atom. The Morgan fingerprint density at radius 2 is 1.88 bits per heavy atom. The van der Waals surface area contributed by atoms with Crippen LogP contribution in [0.15, 0.2) is 29.2 Å². The molecule has 0 amide bonds. The number of carboxylic acids is 1. The standard InChI is InChI=1S/C13H18O2S2/c1-9(2)12(13(14)15)17-8-10-4-6-11(16-3)7-5-10/h4-7,9,12H,8H2,1-3H3,(H,14,15). The average molecular weight is 270 g/mol. The van der Waals surface area contributed by atoms with E-state index < -0.39 is 5.97 Å². The molecule has 0 bridgehead atoms. The van der Waals surface area contributed by atoms with Gasteiger partial charge >= 0.3 is 5.97 Å². The van der Waals surface area contributed by atoms with Crippen molar-refractivity contribution in [3.63, 3.8) is 0 Å². The number of thioether (sulfide) groups is 2. The molecule has 17 heavy (non-hydrogen) atoms. The minimum Gasteiger partial charge on any atom is -0.480 e. The minimum absolute atomic E-state index is 0.156. The SMILES string of the molecule is CSc1ccc(CSC(C(=O)O)C(C)C)cc1. The third-order valence-electron chi connectivity index (χ3n) is 2.44. The highest BCUT2D eigenvalue weighted by Crippen LogP contribution is 2.25. The molecule has 1 aromatic carbocycles. The largest absolute Gasteiger partial charge is 0.480 e. The fourth-order valence-corrected chi connectivity index (χ4v) is 2.96. The Kier molecular flexibility index (Phi) is 5.92. The van der Waals surface area contributed by atoms with E-state index in [2.05, 4.69) is 24.3 Å². The quantitative estimate of drug-likeness (QED) is 0.799. The maximum Gasteiger partial charge on any atom is 0.316 e. The van der Waals surface area contributed by atoms with Crippen molar-refractivity contribution in [2.75, 3.05) is 6.26 Å². The highest BCUT2D eigenvalue weighted by molar-refractivity contribution is 7.99. The van der Waals surface area contributed by atoms with Gasteiger partial charge in [0, 0.05) is 10.6 Å². The van der Waals surface area contributed by atoms with Gasteiger partial charge in [0.2, 0.25) is 0 Å². The number of benzene rings is 1. The first-order chi connectivity index (χ1) is 8.04. The maximum absolute atomic E-state index is 11.0. The van der Waals surface area contributed by atoms with Crippen molar-refractivity contribution in [2.24, 2.45) is 5.92 Å². The van der Waals surface area contributed by atoms with E-state index in [0.29, 0.717) is 0 Å². The molecule has 4 heteroatoms. The van der Waals surface area contributed by atoms with Crippen LogP contribution in [0.25, 0.3) is 0 Å². The zero-order valence-corrected chi connectivity index (χ0v) is 12.0. The van der Waals surface area contributed by atoms with Crippen molar-refractivity contribution < 1.29 is 9.90 Å². The molecule has 94 valence electrons. The van der Waals surface area contributed by atoms with E-state index in [1.54, 1.807) is 11.8 Å². The predicted molar refractivity (Wildman–Crippen MR) is 75.8 cm³/mol. The summed E-state index contributed by atoms with van der Waals surface area (Å²) in [5, 5.41) is 8.76. The number of hydrogen-bond acceptors (Lipinski definition) is 3. The van der Waals surface area contributed by atoms with Gasteiger partial charge in [-0.05, 0) is 29.9 Å². The number of carbonyl (C=O) groups is 1. The lowest BCUT2D eigenvalue weighted by Crippen LogP contribution is -2.22. The summed E-state index contributed by atoms with van der Waals surface area (Å²) >= 11 is 3.21. The monoisotopic (exact) mass is 270 g/mol. The summed E-state index contributed by atoms with van der Waals surface area (Å²) in [6.45, 7) is 3.89. The molecule has 1 rings (SSSR count). The van der Waals surface area contributed by atoms with Crippen LogP contribution >= 0.6 is 23.5 Å². The molecule has 2 nitrogen and oxygen atoms in total. The van der Waals surface area contributed by atoms with Crippen molar-refractivity contribution in [1.29, 1.82) is 0 Å². The highest BCUT2D eigenvalue weighted by atomic mass is 32.2. The number of carboxylic acid groups (broad SMARTS) is 1. The molecule has 1 unspecified atom stereocenters. The molecule has 0 radical (unpaired) electrons. The van der Waals surface area contributed by atoms with Crippen LogP contribution in [0.4, 0.5) is 0 Å². The topological polar surface area (TPSA) is 37.3 Å². The number of hydrogen-bond donors (Lipinski definition) is 1. The van der Waals surface area contributed by atoms with Gasteiger partial charge in [-0.3, -0.25) is 4.79 Å². The fourth-order valence-electron chi connectivity index (χ4n) is 1.46. The number of rotatable bonds is 6. The van der Waals surface area contributed by atoms with Crippen LogP contribution in [0.5, 0.6) is 0 Å². The lowest BCUT2D eigenvalue weighted by molar-refractivity contribution is -0.137. The molecule has 1 N–H and O–H groups in total.